The molecule has 0 unspecified atom stereocenters. The van der Waals surface area contributed by atoms with Crippen LogP contribution in [0.3, 0.4) is 0 Å². The monoisotopic (exact) mass is 322 g/mol. The van der Waals surface area contributed by atoms with Gasteiger partial charge in [0.15, 0.2) is 0 Å². The number of esters is 1. The topological polar surface area (TPSA) is 84.5 Å². The zero-order chi connectivity index (χ0) is 15.9. The molecule has 0 saturated carbocycles. The largest absolute Gasteiger partial charge is 0.464 e. The number of thioether (sulfide) groups is 1. The van der Waals surface area contributed by atoms with Gasteiger partial charge in [0.25, 0.3) is 0 Å². The molecule has 0 aliphatic carbocycles. The minimum absolute atomic E-state index is 0.0704. The van der Waals surface area contributed by atoms with E-state index in [2.05, 4.69) is 10.6 Å². The van der Waals surface area contributed by atoms with Gasteiger partial charge in [0.2, 0.25) is 11.8 Å². The number of carbonyl (C=O) groups excluding carboxylic acids is 3. The lowest BCUT2D eigenvalue weighted by Crippen LogP contribution is -2.51. The molecular weight excluding hydrogens is 304 g/mol. The van der Waals surface area contributed by atoms with E-state index in [1.54, 1.807) is 19.1 Å². The maximum Gasteiger partial charge on any atom is 0.329 e. The maximum absolute atomic E-state index is 12.0. The first-order chi connectivity index (χ1) is 10.6. The fourth-order valence-corrected chi connectivity index (χ4v) is 3.15. The molecule has 0 radical (unpaired) electrons. The lowest BCUT2D eigenvalue weighted by Gasteiger charge is -2.27. The van der Waals surface area contributed by atoms with Crippen LogP contribution in [-0.2, 0) is 19.1 Å². The number of rotatable bonds is 5. The van der Waals surface area contributed by atoms with Crippen molar-refractivity contribution < 1.29 is 19.1 Å². The third kappa shape index (κ3) is 4.49. The molecule has 1 fully saturated rings. The number of hydrogen-bond acceptors (Lipinski definition) is 5. The van der Waals surface area contributed by atoms with Gasteiger partial charge in [-0.3, -0.25) is 9.59 Å². The fraction of sp³-hybridized carbons (Fsp3) is 0.400. The van der Waals surface area contributed by atoms with Crippen molar-refractivity contribution in [1.29, 1.82) is 0 Å². The summed E-state index contributed by atoms with van der Waals surface area (Å²) in [5.41, 5.74) is 0.693. The lowest BCUT2D eigenvalue weighted by molar-refractivity contribution is -0.146. The molecule has 1 aromatic rings. The third-order valence-electron chi connectivity index (χ3n) is 3.07. The summed E-state index contributed by atoms with van der Waals surface area (Å²) in [4.78, 5) is 35.5. The molecule has 0 spiro atoms. The first kappa shape index (κ1) is 16.4. The summed E-state index contributed by atoms with van der Waals surface area (Å²) in [7, 11) is 0. The van der Waals surface area contributed by atoms with Crippen molar-refractivity contribution in [2.75, 3.05) is 17.7 Å². The van der Waals surface area contributed by atoms with E-state index in [1.165, 1.54) is 11.8 Å². The van der Waals surface area contributed by atoms with Gasteiger partial charge in [-0.15, -0.1) is 11.8 Å². The van der Waals surface area contributed by atoms with E-state index in [-0.39, 0.29) is 24.8 Å². The Balaban J connectivity index is 1.83. The smallest absolute Gasteiger partial charge is 0.329 e. The molecule has 1 saturated heterocycles. The Kier molecular flexibility index (Phi) is 5.83. The predicted octanol–water partition coefficient (Wildman–Crippen LogP) is 1.18. The van der Waals surface area contributed by atoms with Crippen LogP contribution in [0.2, 0.25) is 0 Å². The van der Waals surface area contributed by atoms with E-state index in [9.17, 15) is 14.4 Å². The van der Waals surface area contributed by atoms with Crippen molar-refractivity contribution in [2.45, 2.75) is 24.6 Å². The van der Waals surface area contributed by atoms with Crippen LogP contribution >= 0.6 is 11.8 Å². The highest BCUT2D eigenvalue weighted by Crippen LogP contribution is 2.22. The summed E-state index contributed by atoms with van der Waals surface area (Å²) >= 11 is 1.30. The second-order valence-corrected chi connectivity index (χ2v) is 5.99. The van der Waals surface area contributed by atoms with Crippen molar-refractivity contribution in [2.24, 2.45) is 0 Å². The van der Waals surface area contributed by atoms with Crippen LogP contribution in [0.4, 0.5) is 5.69 Å². The molecule has 2 N–H and O–H groups in total. The molecule has 1 heterocycles. The van der Waals surface area contributed by atoms with Gasteiger partial charge in [-0.1, -0.05) is 18.2 Å². The third-order valence-corrected chi connectivity index (χ3v) is 4.38. The Hall–Kier alpha value is -2.02. The molecule has 1 aromatic carbocycles. The van der Waals surface area contributed by atoms with Gasteiger partial charge >= 0.3 is 5.97 Å². The van der Waals surface area contributed by atoms with Crippen LogP contribution in [0, 0.1) is 0 Å². The van der Waals surface area contributed by atoms with Gasteiger partial charge in [-0.25, -0.2) is 4.79 Å². The molecule has 1 aliphatic heterocycles. The highest BCUT2D eigenvalue weighted by Gasteiger charge is 2.34. The summed E-state index contributed by atoms with van der Waals surface area (Å²) in [6.45, 7) is 1.99. The van der Waals surface area contributed by atoms with E-state index in [4.69, 9.17) is 4.74 Å². The number of ether oxygens (including phenoxy) is 1. The highest BCUT2D eigenvalue weighted by atomic mass is 32.2. The Morgan fingerprint density at radius 3 is 2.73 bits per heavy atom. The van der Waals surface area contributed by atoms with Crippen LogP contribution in [0.1, 0.15) is 13.3 Å². The van der Waals surface area contributed by atoms with E-state index < -0.39 is 17.3 Å². The van der Waals surface area contributed by atoms with E-state index in [0.29, 0.717) is 11.4 Å². The SMILES string of the molecule is CCOC(=O)[C@H]1CS[C@H](CC(=O)Nc2ccccc2)C(=O)N1. The molecule has 22 heavy (non-hydrogen) atoms. The van der Waals surface area contributed by atoms with Gasteiger partial charge in [0.05, 0.1) is 11.9 Å². The number of amides is 2. The summed E-state index contributed by atoms with van der Waals surface area (Å²) in [5.74, 6) is -0.560. The van der Waals surface area contributed by atoms with Crippen molar-refractivity contribution in [3.8, 4) is 0 Å². The van der Waals surface area contributed by atoms with Crippen molar-refractivity contribution >= 4 is 35.2 Å². The van der Waals surface area contributed by atoms with Gasteiger partial charge < -0.3 is 15.4 Å². The molecule has 1 aliphatic rings. The van der Waals surface area contributed by atoms with Crippen LogP contribution in [-0.4, -0.2) is 41.4 Å². The van der Waals surface area contributed by atoms with Crippen LogP contribution in [0.15, 0.2) is 30.3 Å². The minimum atomic E-state index is -0.633. The fourth-order valence-electron chi connectivity index (χ4n) is 2.02. The van der Waals surface area contributed by atoms with Gasteiger partial charge in [-0.2, -0.15) is 0 Å². The lowest BCUT2D eigenvalue weighted by atomic mass is 10.2. The van der Waals surface area contributed by atoms with Gasteiger partial charge in [0.1, 0.15) is 6.04 Å². The summed E-state index contributed by atoms with van der Waals surface area (Å²) in [6.07, 6.45) is 0.0704. The Bertz CT molecular complexity index is 550. The average molecular weight is 322 g/mol. The number of para-hydroxylation sites is 1. The van der Waals surface area contributed by atoms with Gasteiger partial charge in [0, 0.05) is 17.9 Å². The predicted molar refractivity (Wildman–Crippen MR) is 84.5 cm³/mol. The standard InChI is InChI=1S/C15H18N2O4S/c1-2-21-15(20)11-9-22-12(14(19)17-11)8-13(18)16-10-6-4-3-5-7-10/h3-7,11-12H,2,8-9H2,1H3,(H,16,18)(H,17,19)/t11-,12-/m1/s1. The zero-order valence-corrected chi connectivity index (χ0v) is 13.0. The summed E-state index contributed by atoms with van der Waals surface area (Å²) < 4.78 is 4.88. The molecule has 2 atom stereocenters. The summed E-state index contributed by atoms with van der Waals surface area (Å²) in [6, 6.07) is 8.43. The molecular formula is C15H18N2O4S. The molecule has 6 nitrogen and oxygen atoms in total. The Labute approximate surface area is 133 Å². The second kappa shape index (κ2) is 7.84. The Morgan fingerprint density at radius 1 is 1.36 bits per heavy atom. The van der Waals surface area contributed by atoms with Crippen LogP contribution in [0.25, 0.3) is 0 Å². The number of anilines is 1. The zero-order valence-electron chi connectivity index (χ0n) is 12.2. The van der Waals surface area contributed by atoms with Crippen LogP contribution < -0.4 is 10.6 Å². The number of hydrogen-bond donors (Lipinski definition) is 2. The molecule has 2 amide bonds. The number of carbonyl (C=O) groups is 3. The number of nitrogens with one attached hydrogen (secondary N) is 2. The highest BCUT2D eigenvalue weighted by molar-refractivity contribution is 8.00. The van der Waals surface area contributed by atoms with Gasteiger partial charge in [-0.05, 0) is 19.1 Å². The second-order valence-electron chi connectivity index (χ2n) is 4.75. The molecule has 118 valence electrons. The minimum Gasteiger partial charge on any atom is -0.464 e. The van der Waals surface area contributed by atoms with E-state index >= 15 is 0 Å². The Morgan fingerprint density at radius 2 is 2.09 bits per heavy atom. The normalized spacial score (nSPS) is 20.9. The van der Waals surface area contributed by atoms with E-state index in [0.717, 1.165) is 0 Å². The molecule has 0 aromatic heterocycles. The van der Waals surface area contributed by atoms with E-state index in [1.807, 2.05) is 18.2 Å². The first-order valence-corrected chi connectivity index (χ1v) is 8.08. The summed E-state index contributed by atoms with van der Waals surface area (Å²) in [5, 5.41) is 4.85. The van der Waals surface area contributed by atoms with Crippen molar-refractivity contribution in [1.82, 2.24) is 5.32 Å². The maximum atomic E-state index is 12.0. The van der Waals surface area contributed by atoms with Crippen molar-refractivity contribution in [3.05, 3.63) is 30.3 Å². The average Bonchev–Trinajstić information content (AvgIpc) is 2.50. The van der Waals surface area contributed by atoms with Crippen molar-refractivity contribution in [3.63, 3.8) is 0 Å². The first-order valence-electron chi connectivity index (χ1n) is 7.03. The quantitative estimate of drug-likeness (QED) is 0.795. The molecule has 7 heteroatoms. The number of benzene rings is 1. The van der Waals surface area contributed by atoms with Crippen LogP contribution in [0.5, 0.6) is 0 Å². The molecule has 0 bridgehead atoms. The molecule has 2 rings (SSSR count).